The Morgan fingerprint density at radius 3 is 2.35 bits per heavy atom. The molecule has 1 rings (SSSR count). The van der Waals surface area contributed by atoms with Crippen LogP contribution < -0.4 is 10.5 Å². The number of anilines is 1. The summed E-state index contributed by atoms with van der Waals surface area (Å²) in [7, 11) is -6.82. The van der Waals surface area contributed by atoms with Crippen molar-refractivity contribution in [3.05, 3.63) is 22.7 Å². The third-order valence-corrected chi connectivity index (χ3v) is 5.54. The van der Waals surface area contributed by atoms with Crippen LogP contribution in [0.3, 0.4) is 0 Å². The van der Waals surface area contributed by atoms with E-state index in [9.17, 15) is 16.8 Å². The summed E-state index contributed by atoms with van der Waals surface area (Å²) >= 11 is 5.87. The molecule has 9 heteroatoms. The maximum absolute atomic E-state index is 12.0. The van der Waals surface area contributed by atoms with Gasteiger partial charge >= 0.3 is 0 Å². The highest BCUT2D eigenvalue weighted by molar-refractivity contribution is 7.90. The lowest BCUT2D eigenvalue weighted by atomic mass is 10.2. The molecule has 0 fully saturated rings. The van der Waals surface area contributed by atoms with E-state index < -0.39 is 19.9 Å². The monoisotopic (exact) mass is 340 g/mol. The van der Waals surface area contributed by atoms with Crippen LogP contribution >= 0.6 is 11.6 Å². The lowest BCUT2D eigenvalue weighted by Crippen LogP contribution is -2.26. The number of rotatable bonds is 6. The van der Waals surface area contributed by atoms with Gasteiger partial charge in [0.1, 0.15) is 9.84 Å². The standard InChI is InChI=1S/C11H17ClN2O4S2/c1-8-6-9(7-10(13)11(8)12)20(17,18)14-4-3-5-19(2,15)16/h6-7,14H,3-5,13H2,1-2H3. The van der Waals surface area contributed by atoms with Crippen molar-refractivity contribution >= 4 is 37.1 Å². The minimum Gasteiger partial charge on any atom is -0.397 e. The molecule has 3 N–H and O–H groups in total. The van der Waals surface area contributed by atoms with E-state index in [1.165, 1.54) is 12.1 Å². The van der Waals surface area contributed by atoms with Gasteiger partial charge in [0.25, 0.3) is 0 Å². The molecule has 20 heavy (non-hydrogen) atoms. The number of aryl methyl sites for hydroxylation is 1. The van der Waals surface area contributed by atoms with Gasteiger partial charge in [-0.15, -0.1) is 0 Å². The lowest BCUT2D eigenvalue weighted by molar-refractivity contribution is 0.577. The molecule has 0 spiro atoms. The summed E-state index contributed by atoms with van der Waals surface area (Å²) in [4.78, 5) is 0.0104. The fourth-order valence-electron chi connectivity index (χ4n) is 1.54. The zero-order valence-corrected chi connectivity index (χ0v) is 13.6. The number of hydrogen-bond acceptors (Lipinski definition) is 5. The number of nitrogens with two attached hydrogens (primary N) is 1. The Bertz CT molecular complexity index is 676. The highest BCUT2D eigenvalue weighted by Gasteiger charge is 2.16. The largest absolute Gasteiger partial charge is 0.397 e. The molecule has 0 unspecified atom stereocenters. The summed E-state index contributed by atoms with van der Waals surface area (Å²) in [5, 5.41) is 0.320. The van der Waals surface area contributed by atoms with Gasteiger partial charge in [0.05, 0.1) is 21.4 Å². The van der Waals surface area contributed by atoms with Crippen LogP contribution in [0.2, 0.25) is 5.02 Å². The molecule has 114 valence electrons. The molecule has 1 aromatic rings. The molecule has 1 aromatic carbocycles. The van der Waals surface area contributed by atoms with E-state index in [0.717, 1.165) is 6.26 Å². The van der Waals surface area contributed by atoms with Gasteiger partial charge in [-0.25, -0.2) is 21.6 Å². The van der Waals surface area contributed by atoms with Crippen molar-refractivity contribution in [1.82, 2.24) is 4.72 Å². The molecule has 0 aliphatic heterocycles. The number of sulfone groups is 1. The molecule has 6 nitrogen and oxygen atoms in total. The first-order chi connectivity index (χ1) is 9.03. The Hall–Kier alpha value is -0.830. The van der Waals surface area contributed by atoms with Crippen molar-refractivity contribution in [2.75, 3.05) is 24.3 Å². The average molecular weight is 341 g/mol. The number of halogens is 1. The highest BCUT2D eigenvalue weighted by atomic mass is 35.5. The molecule has 0 aliphatic rings. The Kier molecular flexibility index (Phi) is 5.42. The number of sulfonamides is 1. The van der Waals surface area contributed by atoms with Crippen LogP contribution in [-0.4, -0.2) is 35.4 Å². The van der Waals surface area contributed by atoms with Gasteiger partial charge in [-0.1, -0.05) is 11.6 Å². The van der Waals surface area contributed by atoms with Gasteiger partial charge in [-0.05, 0) is 31.0 Å². The predicted molar refractivity (Wildman–Crippen MR) is 80.1 cm³/mol. The summed E-state index contributed by atoms with van der Waals surface area (Å²) in [6.45, 7) is 1.69. The summed E-state index contributed by atoms with van der Waals surface area (Å²) < 4.78 is 48.2. The van der Waals surface area contributed by atoms with Crippen molar-refractivity contribution in [1.29, 1.82) is 0 Å². The number of benzene rings is 1. The number of nitrogen functional groups attached to an aromatic ring is 1. The predicted octanol–water partition coefficient (Wildman–Crippen LogP) is 0.944. The summed E-state index contributed by atoms with van der Waals surface area (Å²) in [6.07, 6.45) is 1.31. The molecule has 0 amide bonds. The van der Waals surface area contributed by atoms with Crippen LogP contribution in [0, 0.1) is 6.92 Å². The van der Waals surface area contributed by atoms with E-state index in [-0.39, 0.29) is 29.3 Å². The van der Waals surface area contributed by atoms with Crippen LogP contribution in [0.15, 0.2) is 17.0 Å². The smallest absolute Gasteiger partial charge is 0.240 e. The molecule has 0 aromatic heterocycles. The summed E-state index contributed by atoms with van der Waals surface area (Å²) in [5.74, 6) is -0.0721. The van der Waals surface area contributed by atoms with Crippen molar-refractivity contribution in [2.24, 2.45) is 0 Å². The van der Waals surface area contributed by atoms with Crippen LogP contribution in [0.5, 0.6) is 0 Å². The molecule has 0 radical (unpaired) electrons. The number of nitrogens with one attached hydrogen (secondary N) is 1. The number of hydrogen-bond donors (Lipinski definition) is 2. The SMILES string of the molecule is Cc1cc(S(=O)(=O)NCCCS(C)(=O)=O)cc(N)c1Cl. The van der Waals surface area contributed by atoms with E-state index in [1.807, 2.05) is 0 Å². The Labute approximate surface area is 124 Å². The van der Waals surface area contributed by atoms with Crippen LogP contribution in [0.4, 0.5) is 5.69 Å². The van der Waals surface area contributed by atoms with E-state index >= 15 is 0 Å². The van der Waals surface area contributed by atoms with Gasteiger partial charge in [0.15, 0.2) is 0 Å². The first kappa shape index (κ1) is 17.2. The second-order valence-electron chi connectivity index (χ2n) is 4.52. The van der Waals surface area contributed by atoms with Gasteiger partial charge in [0, 0.05) is 12.8 Å². The van der Waals surface area contributed by atoms with Crippen molar-refractivity contribution in [3.63, 3.8) is 0 Å². The van der Waals surface area contributed by atoms with Gasteiger partial charge in [-0.2, -0.15) is 0 Å². The minimum atomic E-state index is -3.72. The molecule has 0 saturated carbocycles. The Morgan fingerprint density at radius 2 is 1.85 bits per heavy atom. The van der Waals surface area contributed by atoms with Crippen molar-refractivity contribution in [2.45, 2.75) is 18.2 Å². The third kappa shape index (κ3) is 4.93. The summed E-state index contributed by atoms with van der Waals surface area (Å²) in [6, 6.07) is 2.69. The van der Waals surface area contributed by atoms with Crippen molar-refractivity contribution < 1.29 is 16.8 Å². The first-order valence-corrected chi connectivity index (χ1v) is 9.68. The third-order valence-electron chi connectivity index (χ3n) is 2.55. The second kappa shape index (κ2) is 6.30. The van der Waals surface area contributed by atoms with E-state index in [0.29, 0.717) is 10.6 Å². The first-order valence-electron chi connectivity index (χ1n) is 5.76. The lowest BCUT2D eigenvalue weighted by Gasteiger charge is -2.09. The maximum atomic E-state index is 12.0. The molecule has 0 saturated heterocycles. The van der Waals surface area contributed by atoms with Crippen LogP contribution in [0.25, 0.3) is 0 Å². The molecular formula is C11H17ClN2O4S2. The van der Waals surface area contributed by atoms with Gasteiger partial charge < -0.3 is 5.73 Å². The van der Waals surface area contributed by atoms with Crippen LogP contribution in [0.1, 0.15) is 12.0 Å². The van der Waals surface area contributed by atoms with Gasteiger partial charge in [0.2, 0.25) is 10.0 Å². The Morgan fingerprint density at radius 1 is 1.25 bits per heavy atom. The average Bonchev–Trinajstić information content (AvgIpc) is 2.30. The minimum absolute atomic E-state index is 0.0104. The van der Waals surface area contributed by atoms with E-state index in [1.54, 1.807) is 6.92 Å². The molecule has 0 heterocycles. The highest BCUT2D eigenvalue weighted by Crippen LogP contribution is 2.26. The second-order valence-corrected chi connectivity index (χ2v) is 8.93. The van der Waals surface area contributed by atoms with E-state index in [2.05, 4.69) is 4.72 Å². The molecule has 0 atom stereocenters. The fourth-order valence-corrected chi connectivity index (χ4v) is 3.51. The zero-order valence-electron chi connectivity index (χ0n) is 11.2. The maximum Gasteiger partial charge on any atom is 0.240 e. The zero-order chi connectivity index (χ0) is 15.6. The summed E-state index contributed by atoms with van der Waals surface area (Å²) in [5.41, 5.74) is 6.37. The topological polar surface area (TPSA) is 106 Å². The van der Waals surface area contributed by atoms with E-state index in [4.69, 9.17) is 17.3 Å². The molecule has 0 bridgehead atoms. The van der Waals surface area contributed by atoms with Crippen LogP contribution in [-0.2, 0) is 19.9 Å². The van der Waals surface area contributed by atoms with Crippen molar-refractivity contribution in [3.8, 4) is 0 Å². The quantitative estimate of drug-likeness (QED) is 0.592. The Balaban J connectivity index is 2.80. The molecular weight excluding hydrogens is 324 g/mol. The van der Waals surface area contributed by atoms with Gasteiger partial charge in [-0.3, -0.25) is 0 Å². The normalized spacial score (nSPS) is 12.6. The molecule has 0 aliphatic carbocycles. The fraction of sp³-hybridized carbons (Fsp3) is 0.455.